The first-order valence-corrected chi connectivity index (χ1v) is 8.25. The Morgan fingerprint density at radius 1 is 1.29 bits per heavy atom. The molecule has 2 aromatic rings. The number of likely N-dealkylation sites (N-methyl/N-ethyl adjacent to an activating group) is 1. The number of halogens is 2. The highest BCUT2D eigenvalue weighted by Gasteiger charge is 2.18. The Morgan fingerprint density at radius 3 is 2.67 bits per heavy atom. The van der Waals surface area contributed by atoms with Crippen molar-refractivity contribution in [3.63, 3.8) is 0 Å². The van der Waals surface area contributed by atoms with Crippen LogP contribution in [0.1, 0.15) is 22.0 Å². The van der Waals surface area contributed by atoms with Crippen LogP contribution in [-0.4, -0.2) is 38.6 Å². The van der Waals surface area contributed by atoms with Crippen molar-refractivity contribution < 1.29 is 13.9 Å². The van der Waals surface area contributed by atoms with Crippen LogP contribution in [0, 0.1) is 5.82 Å². The third kappa shape index (κ3) is 4.55. The van der Waals surface area contributed by atoms with Gasteiger partial charge in [-0.05, 0) is 50.0 Å². The highest BCUT2D eigenvalue weighted by Crippen LogP contribution is 2.22. The fourth-order valence-electron chi connectivity index (χ4n) is 2.41. The zero-order valence-electron chi connectivity index (χ0n) is 13.8. The molecular formula is C18H20BrFN2O2. The van der Waals surface area contributed by atoms with Crippen LogP contribution >= 0.6 is 15.9 Å². The topological polar surface area (TPSA) is 41.6 Å². The Morgan fingerprint density at radius 2 is 2.04 bits per heavy atom. The molecule has 0 saturated carbocycles. The molecule has 128 valence electrons. The van der Waals surface area contributed by atoms with Crippen molar-refractivity contribution in [1.82, 2.24) is 10.2 Å². The highest BCUT2D eigenvalue weighted by molar-refractivity contribution is 9.10. The number of hydrogen-bond acceptors (Lipinski definition) is 3. The van der Waals surface area contributed by atoms with Gasteiger partial charge < -0.3 is 15.0 Å². The molecule has 1 amide bonds. The lowest BCUT2D eigenvalue weighted by molar-refractivity contribution is 0.0938. The quantitative estimate of drug-likeness (QED) is 0.813. The Hall–Kier alpha value is -1.92. The molecular weight excluding hydrogens is 375 g/mol. The van der Waals surface area contributed by atoms with Crippen LogP contribution in [0.25, 0.3) is 0 Å². The third-order valence-corrected chi connectivity index (χ3v) is 4.23. The lowest BCUT2D eigenvalue weighted by Gasteiger charge is -2.25. The van der Waals surface area contributed by atoms with E-state index in [1.807, 2.05) is 43.3 Å². The number of benzene rings is 2. The molecule has 1 N–H and O–H groups in total. The molecule has 2 aromatic carbocycles. The summed E-state index contributed by atoms with van der Waals surface area (Å²) in [5, 5.41) is 2.80. The van der Waals surface area contributed by atoms with Crippen LogP contribution in [0.15, 0.2) is 46.9 Å². The summed E-state index contributed by atoms with van der Waals surface area (Å²) in [6, 6.07) is 12.0. The maximum Gasteiger partial charge on any atom is 0.254 e. The van der Waals surface area contributed by atoms with Crippen molar-refractivity contribution in [1.29, 1.82) is 0 Å². The summed E-state index contributed by atoms with van der Waals surface area (Å²) in [6.07, 6.45) is 0. The number of nitrogens with one attached hydrogen (secondary N) is 1. The number of hydrogen-bond donors (Lipinski definition) is 1. The maximum atomic E-state index is 13.9. The third-order valence-electron chi connectivity index (χ3n) is 3.73. The van der Waals surface area contributed by atoms with Gasteiger partial charge in [-0.1, -0.05) is 28.1 Å². The summed E-state index contributed by atoms with van der Waals surface area (Å²) in [7, 11) is 5.47. The molecule has 0 aliphatic rings. The average molecular weight is 395 g/mol. The van der Waals surface area contributed by atoms with E-state index < -0.39 is 11.7 Å². The van der Waals surface area contributed by atoms with E-state index in [2.05, 4.69) is 21.2 Å². The molecule has 4 nitrogen and oxygen atoms in total. The summed E-state index contributed by atoms with van der Waals surface area (Å²) >= 11 is 3.18. The summed E-state index contributed by atoms with van der Waals surface area (Å²) in [5.74, 6) is -0.232. The van der Waals surface area contributed by atoms with Gasteiger partial charge in [0.1, 0.15) is 11.6 Å². The van der Waals surface area contributed by atoms with Crippen LogP contribution < -0.4 is 10.1 Å². The number of nitrogens with zero attached hydrogens (tertiary/aromatic N) is 1. The van der Waals surface area contributed by atoms with Gasteiger partial charge in [0.15, 0.2) is 0 Å². The Bertz CT molecular complexity index is 722. The van der Waals surface area contributed by atoms with Crippen LogP contribution in [0.3, 0.4) is 0 Å². The van der Waals surface area contributed by atoms with E-state index in [-0.39, 0.29) is 11.6 Å². The summed E-state index contributed by atoms with van der Waals surface area (Å²) < 4.78 is 19.7. The van der Waals surface area contributed by atoms with Crippen molar-refractivity contribution in [2.75, 3.05) is 27.7 Å². The molecule has 24 heavy (non-hydrogen) atoms. The van der Waals surface area contributed by atoms with Gasteiger partial charge in [-0.15, -0.1) is 0 Å². The fourth-order valence-corrected chi connectivity index (χ4v) is 2.74. The average Bonchev–Trinajstić information content (AvgIpc) is 2.54. The smallest absolute Gasteiger partial charge is 0.254 e. The predicted octanol–water partition coefficient (Wildman–Crippen LogP) is 3.63. The number of carbonyl (C=O) groups is 1. The van der Waals surface area contributed by atoms with Crippen molar-refractivity contribution in [2.45, 2.75) is 6.04 Å². The largest absolute Gasteiger partial charge is 0.497 e. The SMILES string of the molecule is COc1cccc([C@H](CNC(=O)c2ccc(Br)cc2F)N(C)C)c1. The summed E-state index contributed by atoms with van der Waals surface area (Å²) in [4.78, 5) is 14.2. The van der Waals surface area contributed by atoms with E-state index in [1.165, 1.54) is 12.1 Å². The first-order chi connectivity index (χ1) is 11.4. The Kier molecular flexibility index (Phi) is 6.34. The lowest BCUT2D eigenvalue weighted by atomic mass is 10.1. The van der Waals surface area contributed by atoms with Crippen molar-refractivity contribution in [3.8, 4) is 5.75 Å². The minimum absolute atomic E-state index is 0.0290. The van der Waals surface area contributed by atoms with E-state index in [0.29, 0.717) is 11.0 Å². The molecule has 0 aliphatic heterocycles. The van der Waals surface area contributed by atoms with Crippen LogP contribution in [0.4, 0.5) is 4.39 Å². The number of carbonyl (C=O) groups excluding carboxylic acids is 1. The minimum atomic E-state index is -0.551. The molecule has 2 rings (SSSR count). The minimum Gasteiger partial charge on any atom is -0.497 e. The van der Waals surface area contributed by atoms with Crippen molar-refractivity contribution >= 4 is 21.8 Å². The zero-order chi connectivity index (χ0) is 17.7. The second-order valence-electron chi connectivity index (χ2n) is 5.59. The lowest BCUT2D eigenvalue weighted by Crippen LogP contribution is -2.34. The molecule has 0 radical (unpaired) electrons. The van der Waals surface area contributed by atoms with Gasteiger partial charge in [-0.25, -0.2) is 4.39 Å². The van der Waals surface area contributed by atoms with Gasteiger partial charge in [-0.3, -0.25) is 4.79 Å². The van der Waals surface area contributed by atoms with E-state index in [9.17, 15) is 9.18 Å². The van der Waals surface area contributed by atoms with Crippen molar-refractivity contribution in [3.05, 3.63) is 63.9 Å². The zero-order valence-corrected chi connectivity index (χ0v) is 15.4. The molecule has 0 fully saturated rings. The highest BCUT2D eigenvalue weighted by atomic mass is 79.9. The molecule has 0 saturated heterocycles. The van der Waals surface area contributed by atoms with Gasteiger partial charge in [-0.2, -0.15) is 0 Å². The first kappa shape index (κ1) is 18.4. The molecule has 0 heterocycles. The predicted molar refractivity (Wildman–Crippen MR) is 95.9 cm³/mol. The summed E-state index contributed by atoms with van der Waals surface area (Å²) in [6.45, 7) is 0.356. The first-order valence-electron chi connectivity index (χ1n) is 7.46. The second-order valence-corrected chi connectivity index (χ2v) is 6.51. The van der Waals surface area contributed by atoms with Gasteiger partial charge in [0.05, 0.1) is 18.7 Å². The van der Waals surface area contributed by atoms with Gasteiger partial charge in [0.25, 0.3) is 5.91 Å². The Labute approximate surface area is 149 Å². The summed E-state index contributed by atoms with van der Waals surface area (Å²) in [5.41, 5.74) is 1.04. The number of methoxy groups -OCH3 is 1. The molecule has 0 spiro atoms. The van der Waals surface area contributed by atoms with E-state index in [0.717, 1.165) is 11.3 Å². The van der Waals surface area contributed by atoms with E-state index in [1.54, 1.807) is 13.2 Å². The number of ether oxygens (including phenoxy) is 1. The fraction of sp³-hybridized carbons (Fsp3) is 0.278. The van der Waals surface area contributed by atoms with Crippen LogP contribution in [0.5, 0.6) is 5.75 Å². The molecule has 0 aromatic heterocycles. The maximum absolute atomic E-state index is 13.9. The number of amides is 1. The van der Waals surface area contributed by atoms with Gasteiger partial charge >= 0.3 is 0 Å². The van der Waals surface area contributed by atoms with Gasteiger partial charge in [0, 0.05) is 11.0 Å². The molecule has 1 atom stereocenters. The standard InChI is InChI=1S/C18H20BrFN2O2/c1-22(2)17(12-5-4-6-14(9-12)24-3)11-21-18(23)15-8-7-13(19)10-16(15)20/h4-10,17H,11H2,1-3H3,(H,21,23)/t17-/m0/s1. The Balaban J connectivity index is 2.12. The van der Waals surface area contributed by atoms with Gasteiger partial charge in [0.2, 0.25) is 0 Å². The van der Waals surface area contributed by atoms with Crippen LogP contribution in [-0.2, 0) is 0 Å². The van der Waals surface area contributed by atoms with E-state index in [4.69, 9.17) is 4.74 Å². The molecule has 0 bridgehead atoms. The van der Waals surface area contributed by atoms with E-state index >= 15 is 0 Å². The van der Waals surface area contributed by atoms with Crippen LogP contribution in [0.2, 0.25) is 0 Å². The van der Waals surface area contributed by atoms with Crippen molar-refractivity contribution in [2.24, 2.45) is 0 Å². The molecule has 6 heteroatoms. The molecule has 0 unspecified atom stereocenters. The monoisotopic (exact) mass is 394 g/mol. The number of rotatable bonds is 6. The molecule has 0 aliphatic carbocycles. The second kappa shape index (κ2) is 8.26. The normalized spacial score (nSPS) is 12.1.